The first-order valence-corrected chi connectivity index (χ1v) is 8.78. The first kappa shape index (κ1) is 15.6. The Balaban J connectivity index is 2.56. The van der Waals surface area contributed by atoms with Gasteiger partial charge in [0.05, 0.1) is 5.75 Å². The molecule has 1 aromatic heterocycles. The molecule has 0 saturated carbocycles. The van der Waals surface area contributed by atoms with E-state index in [2.05, 4.69) is 23.2 Å². The van der Waals surface area contributed by atoms with E-state index in [-0.39, 0.29) is 5.75 Å². The molecule has 1 aromatic rings. The van der Waals surface area contributed by atoms with E-state index in [9.17, 15) is 8.42 Å². The Morgan fingerprint density at radius 1 is 1.44 bits per heavy atom. The molecule has 1 heterocycles. The topological polar surface area (TPSA) is 49.4 Å². The molecule has 0 aliphatic rings. The summed E-state index contributed by atoms with van der Waals surface area (Å²) in [5, 5.41) is 3.14. The highest BCUT2D eigenvalue weighted by molar-refractivity contribution is 7.90. The molecule has 0 spiro atoms. The third-order valence-electron chi connectivity index (χ3n) is 2.71. The van der Waals surface area contributed by atoms with Gasteiger partial charge in [-0.25, -0.2) is 8.42 Å². The van der Waals surface area contributed by atoms with E-state index in [1.54, 1.807) is 11.3 Å². The largest absolute Gasteiger partial charge is 0.315 e. The van der Waals surface area contributed by atoms with E-state index < -0.39 is 9.84 Å². The second kappa shape index (κ2) is 6.65. The molecular formula is C12H22N2O2S2. The summed E-state index contributed by atoms with van der Waals surface area (Å²) in [5.74, 6) is 0.218. The van der Waals surface area contributed by atoms with Gasteiger partial charge in [-0.05, 0) is 32.6 Å². The van der Waals surface area contributed by atoms with Crippen LogP contribution in [0.3, 0.4) is 0 Å². The van der Waals surface area contributed by atoms with Crippen LogP contribution in [-0.2, 0) is 22.9 Å². The lowest BCUT2D eigenvalue weighted by atomic mass is 10.2. The van der Waals surface area contributed by atoms with Crippen molar-refractivity contribution in [2.75, 3.05) is 32.6 Å². The Morgan fingerprint density at radius 2 is 2.11 bits per heavy atom. The van der Waals surface area contributed by atoms with Gasteiger partial charge in [0.1, 0.15) is 9.84 Å². The second-order valence-electron chi connectivity index (χ2n) is 4.69. The summed E-state index contributed by atoms with van der Waals surface area (Å²) >= 11 is 1.80. The average molecular weight is 290 g/mol. The van der Waals surface area contributed by atoms with Crippen molar-refractivity contribution in [3.63, 3.8) is 0 Å². The standard InChI is InChI=1S/C12H22N2O2S2/c1-10-11(7-12(17-10)8-13-2)9-14(3)5-6-18(4,15)16/h7,13H,5-6,8-9H2,1-4H3. The molecular weight excluding hydrogens is 268 g/mol. The molecule has 0 aromatic carbocycles. The highest BCUT2D eigenvalue weighted by Crippen LogP contribution is 2.22. The van der Waals surface area contributed by atoms with Crippen molar-refractivity contribution < 1.29 is 8.42 Å². The number of rotatable bonds is 7. The first-order valence-electron chi connectivity index (χ1n) is 5.91. The van der Waals surface area contributed by atoms with Gasteiger partial charge in [-0.1, -0.05) is 0 Å². The molecule has 0 atom stereocenters. The minimum absolute atomic E-state index is 0.218. The lowest BCUT2D eigenvalue weighted by Gasteiger charge is -2.15. The van der Waals surface area contributed by atoms with Gasteiger partial charge < -0.3 is 10.2 Å². The Kier molecular flexibility index (Phi) is 5.78. The molecule has 0 fully saturated rings. The maximum absolute atomic E-state index is 11.1. The lowest BCUT2D eigenvalue weighted by molar-refractivity contribution is 0.346. The van der Waals surface area contributed by atoms with Crippen molar-refractivity contribution >= 4 is 21.2 Å². The van der Waals surface area contributed by atoms with Crippen LogP contribution in [0.4, 0.5) is 0 Å². The number of hydrogen-bond acceptors (Lipinski definition) is 5. The number of nitrogens with one attached hydrogen (secondary N) is 1. The van der Waals surface area contributed by atoms with Crippen molar-refractivity contribution in [3.8, 4) is 0 Å². The van der Waals surface area contributed by atoms with Gasteiger partial charge in [0.2, 0.25) is 0 Å². The third kappa shape index (κ3) is 5.48. The fourth-order valence-corrected chi connectivity index (χ4v) is 3.41. The molecule has 4 nitrogen and oxygen atoms in total. The normalized spacial score (nSPS) is 12.3. The second-order valence-corrected chi connectivity index (χ2v) is 8.29. The fourth-order valence-electron chi connectivity index (χ4n) is 1.70. The van der Waals surface area contributed by atoms with Crippen molar-refractivity contribution in [1.29, 1.82) is 0 Å². The summed E-state index contributed by atoms with van der Waals surface area (Å²) in [5.41, 5.74) is 1.29. The van der Waals surface area contributed by atoms with Crippen LogP contribution in [0.25, 0.3) is 0 Å². The molecule has 104 valence electrons. The van der Waals surface area contributed by atoms with Crippen LogP contribution in [0.15, 0.2) is 6.07 Å². The van der Waals surface area contributed by atoms with Crippen LogP contribution in [0, 0.1) is 6.92 Å². The molecule has 1 N–H and O–H groups in total. The quantitative estimate of drug-likeness (QED) is 0.821. The minimum Gasteiger partial charge on any atom is -0.315 e. The van der Waals surface area contributed by atoms with E-state index in [0.29, 0.717) is 6.54 Å². The van der Waals surface area contributed by atoms with Crippen LogP contribution in [0.1, 0.15) is 15.3 Å². The first-order chi connectivity index (χ1) is 8.31. The number of hydrogen-bond donors (Lipinski definition) is 1. The highest BCUT2D eigenvalue weighted by atomic mass is 32.2. The van der Waals surface area contributed by atoms with Crippen LogP contribution in [-0.4, -0.2) is 46.0 Å². The zero-order valence-corrected chi connectivity index (χ0v) is 13.1. The van der Waals surface area contributed by atoms with Gasteiger partial charge in [-0.2, -0.15) is 0 Å². The van der Waals surface area contributed by atoms with E-state index in [0.717, 1.165) is 13.1 Å². The zero-order valence-electron chi connectivity index (χ0n) is 11.5. The summed E-state index contributed by atoms with van der Waals surface area (Å²) in [6.07, 6.45) is 1.28. The van der Waals surface area contributed by atoms with Crippen molar-refractivity contribution in [1.82, 2.24) is 10.2 Å². The number of sulfone groups is 1. The summed E-state index contributed by atoms with van der Waals surface area (Å²) in [7, 11) is 1.02. The number of aryl methyl sites for hydroxylation is 1. The molecule has 0 radical (unpaired) electrons. The van der Waals surface area contributed by atoms with Gasteiger partial charge in [-0.15, -0.1) is 11.3 Å². The highest BCUT2D eigenvalue weighted by Gasteiger charge is 2.10. The maximum atomic E-state index is 11.1. The zero-order chi connectivity index (χ0) is 13.8. The van der Waals surface area contributed by atoms with Gasteiger partial charge in [0.25, 0.3) is 0 Å². The van der Waals surface area contributed by atoms with Gasteiger partial charge in [-0.3, -0.25) is 0 Å². The lowest BCUT2D eigenvalue weighted by Crippen LogP contribution is -2.24. The molecule has 0 aliphatic heterocycles. The molecule has 0 aliphatic carbocycles. The molecule has 0 amide bonds. The number of thiophene rings is 1. The summed E-state index contributed by atoms with van der Waals surface area (Å²) < 4.78 is 22.2. The Hall–Kier alpha value is -0.430. The molecule has 6 heteroatoms. The van der Waals surface area contributed by atoms with Crippen LogP contribution in [0.5, 0.6) is 0 Å². The Labute approximate surface area is 114 Å². The maximum Gasteiger partial charge on any atom is 0.148 e. The Bertz CT molecular complexity index is 480. The van der Waals surface area contributed by atoms with Gasteiger partial charge >= 0.3 is 0 Å². The Morgan fingerprint density at radius 3 is 2.67 bits per heavy atom. The van der Waals surface area contributed by atoms with Gasteiger partial charge in [0, 0.05) is 35.6 Å². The van der Waals surface area contributed by atoms with Crippen LogP contribution >= 0.6 is 11.3 Å². The molecule has 18 heavy (non-hydrogen) atoms. The molecule has 0 bridgehead atoms. The molecule has 0 unspecified atom stereocenters. The monoisotopic (exact) mass is 290 g/mol. The van der Waals surface area contributed by atoms with Crippen molar-refractivity contribution in [2.45, 2.75) is 20.0 Å². The molecule has 1 rings (SSSR count). The predicted octanol–water partition coefficient (Wildman–Crippen LogP) is 1.25. The van der Waals surface area contributed by atoms with E-state index in [4.69, 9.17) is 0 Å². The van der Waals surface area contributed by atoms with E-state index in [1.165, 1.54) is 21.6 Å². The van der Waals surface area contributed by atoms with E-state index in [1.807, 2.05) is 14.1 Å². The third-order valence-corrected chi connectivity index (χ3v) is 4.72. The van der Waals surface area contributed by atoms with E-state index >= 15 is 0 Å². The van der Waals surface area contributed by atoms with Crippen molar-refractivity contribution in [2.24, 2.45) is 0 Å². The fraction of sp³-hybridized carbons (Fsp3) is 0.667. The minimum atomic E-state index is -2.87. The summed E-state index contributed by atoms with van der Waals surface area (Å²) in [4.78, 5) is 4.69. The van der Waals surface area contributed by atoms with Crippen LogP contribution < -0.4 is 5.32 Å². The van der Waals surface area contributed by atoms with Crippen LogP contribution in [0.2, 0.25) is 0 Å². The summed E-state index contributed by atoms with van der Waals surface area (Å²) in [6, 6.07) is 2.20. The van der Waals surface area contributed by atoms with Crippen molar-refractivity contribution in [3.05, 3.63) is 21.4 Å². The summed E-state index contributed by atoms with van der Waals surface area (Å²) in [6.45, 7) is 4.39. The SMILES string of the molecule is CNCc1cc(CN(C)CCS(C)(=O)=O)c(C)s1. The number of nitrogens with zero attached hydrogens (tertiary/aromatic N) is 1. The molecule has 0 saturated heterocycles. The van der Waals surface area contributed by atoms with Gasteiger partial charge in [0.15, 0.2) is 0 Å². The predicted molar refractivity (Wildman–Crippen MR) is 77.9 cm³/mol. The average Bonchev–Trinajstić information content (AvgIpc) is 2.56. The smallest absolute Gasteiger partial charge is 0.148 e.